The summed E-state index contributed by atoms with van der Waals surface area (Å²) in [7, 11) is 3.32. The third kappa shape index (κ3) is 6.72. The molecular weight excluding hydrogens is 442 g/mol. The fourth-order valence-corrected chi connectivity index (χ4v) is 3.74. The predicted octanol–water partition coefficient (Wildman–Crippen LogP) is 3.44. The van der Waals surface area contributed by atoms with Gasteiger partial charge in [0.25, 0.3) is 0 Å². The summed E-state index contributed by atoms with van der Waals surface area (Å²) in [6, 6.07) is 12.7. The van der Waals surface area contributed by atoms with Crippen LogP contribution in [0, 0.1) is 6.92 Å². The van der Waals surface area contributed by atoms with Gasteiger partial charge in [-0.15, -0.1) is 10.2 Å². The lowest BCUT2D eigenvalue weighted by atomic mass is 10.2. The largest absolute Gasteiger partial charge is 0.495 e. The molecule has 9 nitrogen and oxygen atoms in total. The van der Waals surface area contributed by atoms with Gasteiger partial charge in [-0.2, -0.15) is 0 Å². The van der Waals surface area contributed by atoms with E-state index in [1.165, 1.54) is 11.8 Å². The molecule has 0 saturated carbocycles. The number of rotatable bonds is 10. The molecule has 0 unspecified atom stereocenters. The number of nitrogens with zero attached hydrogens (tertiary/aromatic N) is 3. The van der Waals surface area contributed by atoms with E-state index in [2.05, 4.69) is 20.8 Å². The first kappa shape index (κ1) is 24.1. The molecule has 0 radical (unpaired) electrons. The molecule has 0 saturated heterocycles. The van der Waals surface area contributed by atoms with Crippen LogP contribution in [-0.2, 0) is 23.1 Å². The van der Waals surface area contributed by atoms with Crippen LogP contribution in [0.1, 0.15) is 18.3 Å². The van der Waals surface area contributed by atoms with Crippen LogP contribution in [0.15, 0.2) is 47.6 Å². The second-order valence-electron chi connectivity index (χ2n) is 7.18. The van der Waals surface area contributed by atoms with Gasteiger partial charge in [-0.25, -0.2) is 0 Å². The number of carbonyl (C=O) groups excluding carboxylic acids is 2. The number of nitrogens with one attached hydrogen (secondary N) is 2. The highest BCUT2D eigenvalue weighted by atomic mass is 32.2. The monoisotopic (exact) mass is 469 g/mol. The van der Waals surface area contributed by atoms with E-state index >= 15 is 0 Å². The first-order valence-corrected chi connectivity index (χ1v) is 11.4. The molecule has 0 spiro atoms. The zero-order chi connectivity index (χ0) is 23.8. The third-order valence-corrected chi connectivity index (χ3v) is 5.67. The van der Waals surface area contributed by atoms with Crippen molar-refractivity contribution in [3.8, 4) is 11.5 Å². The number of aromatic nitrogens is 3. The Kier molecular flexibility index (Phi) is 8.31. The molecule has 0 fully saturated rings. The van der Waals surface area contributed by atoms with Gasteiger partial charge >= 0.3 is 0 Å². The van der Waals surface area contributed by atoms with Crippen LogP contribution in [0.25, 0.3) is 0 Å². The van der Waals surface area contributed by atoms with E-state index in [0.29, 0.717) is 34.7 Å². The molecule has 10 heteroatoms. The van der Waals surface area contributed by atoms with Crippen LogP contribution in [-0.4, -0.2) is 46.0 Å². The molecule has 3 aromatic rings. The van der Waals surface area contributed by atoms with Gasteiger partial charge in [0.1, 0.15) is 17.3 Å². The summed E-state index contributed by atoms with van der Waals surface area (Å²) in [5.41, 5.74) is 2.30. The normalized spacial score (nSPS) is 10.5. The molecule has 1 heterocycles. The summed E-state index contributed by atoms with van der Waals surface area (Å²) >= 11 is 1.24. The Bertz CT molecular complexity index is 1110. The topological polar surface area (TPSA) is 107 Å². The number of hydrogen-bond donors (Lipinski definition) is 2. The van der Waals surface area contributed by atoms with E-state index in [0.717, 1.165) is 11.3 Å². The van der Waals surface area contributed by atoms with Crippen LogP contribution in [0.3, 0.4) is 0 Å². The van der Waals surface area contributed by atoms with Crippen molar-refractivity contribution in [1.82, 2.24) is 14.8 Å². The van der Waals surface area contributed by atoms with Gasteiger partial charge in [-0.05, 0) is 55.8 Å². The molecule has 0 aliphatic carbocycles. The summed E-state index contributed by atoms with van der Waals surface area (Å²) in [5, 5.41) is 14.4. The molecule has 2 aromatic carbocycles. The van der Waals surface area contributed by atoms with Crippen LogP contribution in [0.4, 0.5) is 11.4 Å². The van der Waals surface area contributed by atoms with Gasteiger partial charge < -0.3 is 24.7 Å². The summed E-state index contributed by atoms with van der Waals surface area (Å²) in [6.07, 6.45) is 0.0595. The van der Waals surface area contributed by atoms with E-state index in [1.807, 2.05) is 32.0 Å². The molecule has 0 atom stereocenters. The standard InChI is InChI=1S/C23H27N5O4S/c1-5-32-17-9-7-16(8-10-17)24-21(29)13-20-26-27-23(28(20)3)33-14-22(30)25-18-12-15(2)6-11-19(18)31-4/h6-12H,5,13-14H2,1-4H3,(H,24,29)(H,25,30). The van der Waals surface area contributed by atoms with Gasteiger partial charge in [-0.1, -0.05) is 17.8 Å². The van der Waals surface area contributed by atoms with E-state index in [-0.39, 0.29) is 24.0 Å². The van der Waals surface area contributed by atoms with Crippen molar-refractivity contribution in [3.63, 3.8) is 0 Å². The highest BCUT2D eigenvalue weighted by Gasteiger charge is 2.15. The van der Waals surface area contributed by atoms with Crippen molar-refractivity contribution < 1.29 is 19.1 Å². The van der Waals surface area contributed by atoms with Crippen molar-refractivity contribution in [3.05, 3.63) is 53.9 Å². The molecule has 2 amide bonds. The fourth-order valence-electron chi connectivity index (χ4n) is 3.01. The summed E-state index contributed by atoms with van der Waals surface area (Å²) in [6.45, 7) is 4.44. The van der Waals surface area contributed by atoms with Crippen molar-refractivity contribution >= 4 is 35.0 Å². The van der Waals surface area contributed by atoms with E-state index in [4.69, 9.17) is 9.47 Å². The van der Waals surface area contributed by atoms with Gasteiger partial charge in [0.15, 0.2) is 5.16 Å². The highest BCUT2D eigenvalue weighted by Crippen LogP contribution is 2.26. The molecule has 174 valence electrons. The number of amides is 2. The fraction of sp³-hybridized carbons (Fsp3) is 0.304. The van der Waals surface area contributed by atoms with E-state index in [9.17, 15) is 9.59 Å². The third-order valence-electron chi connectivity index (χ3n) is 4.65. The van der Waals surface area contributed by atoms with Crippen molar-refractivity contribution in [2.45, 2.75) is 25.4 Å². The summed E-state index contributed by atoms with van der Waals surface area (Å²) < 4.78 is 12.4. The molecular formula is C23H27N5O4S. The van der Waals surface area contributed by atoms with Gasteiger partial charge in [0.2, 0.25) is 11.8 Å². The number of anilines is 2. The van der Waals surface area contributed by atoms with Crippen molar-refractivity contribution in [2.75, 3.05) is 30.1 Å². The van der Waals surface area contributed by atoms with Gasteiger partial charge in [-0.3, -0.25) is 9.59 Å². The van der Waals surface area contributed by atoms with E-state index < -0.39 is 0 Å². The Morgan fingerprint density at radius 2 is 1.82 bits per heavy atom. The number of aryl methyl sites for hydroxylation is 1. The SMILES string of the molecule is CCOc1ccc(NC(=O)Cc2nnc(SCC(=O)Nc3cc(C)ccc3OC)n2C)cc1. The molecule has 0 bridgehead atoms. The minimum Gasteiger partial charge on any atom is -0.495 e. The maximum Gasteiger partial charge on any atom is 0.234 e. The lowest BCUT2D eigenvalue weighted by Gasteiger charge is -2.11. The predicted molar refractivity (Wildman–Crippen MR) is 128 cm³/mol. The Morgan fingerprint density at radius 3 is 2.52 bits per heavy atom. The molecule has 0 aliphatic rings. The first-order valence-electron chi connectivity index (χ1n) is 10.4. The number of carbonyl (C=O) groups is 2. The van der Waals surface area contributed by atoms with Gasteiger partial charge in [0.05, 0.1) is 31.6 Å². The minimum absolute atomic E-state index is 0.0595. The molecule has 1 aromatic heterocycles. The lowest BCUT2D eigenvalue weighted by Crippen LogP contribution is -2.17. The Morgan fingerprint density at radius 1 is 1.06 bits per heavy atom. The number of thioether (sulfide) groups is 1. The first-order chi connectivity index (χ1) is 15.9. The van der Waals surface area contributed by atoms with Crippen LogP contribution in [0.5, 0.6) is 11.5 Å². The zero-order valence-electron chi connectivity index (χ0n) is 19.0. The van der Waals surface area contributed by atoms with Crippen LogP contribution >= 0.6 is 11.8 Å². The second-order valence-corrected chi connectivity index (χ2v) is 8.12. The molecule has 33 heavy (non-hydrogen) atoms. The second kappa shape index (κ2) is 11.4. The zero-order valence-corrected chi connectivity index (χ0v) is 19.9. The highest BCUT2D eigenvalue weighted by molar-refractivity contribution is 7.99. The van der Waals surface area contributed by atoms with E-state index in [1.54, 1.807) is 43.0 Å². The number of hydrogen-bond acceptors (Lipinski definition) is 7. The minimum atomic E-state index is -0.213. The maximum absolute atomic E-state index is 12.4. The average Bonchev–Trinajstić information content (AvgIpc) is 3.13. The summed E-state index contributed by atoms with van der Waals surface area (Å²) in [4.78, 5) is 24.8. The van der Waals surface area contributed by atoms with Gasteiger partial charge in [0, 0.05) is 12.7 Å². The number of ether oxygens (including phenoxy) is 2. The summed E-state index contributed by atoms with van der Waals surface area (Å²) in [5.74, 6) is 1.58. The number of methoxy groups -OCH3 is 1. The Labute approximate surface area is 196 Å². The van der Waals surface area contributed by atoms with Crippen LogP contribution < -0.4 is 20.1 Å². The molecule has 2 N–H and O–H groups in total. The average molecular weight is 470 g/mol. The molecule has 0 aliphatic heterocycles. The molecule has 3 rings (SSSR count). The van der Waals surface area contributed by atoms with Crippen molar-refractivity contribution in [2.24, 2.45) is 7.05 Å². The quantitative estimate of drug-likeness (QED) is 0.438. The van der Waals surface area contributed by atoms with Crippen LogP contribution in [0.2, 0.25) is 0 Å². The Hall–Kier alpha value is -3.53. The maximum atomic E-state index is 12.4. The Balaban J connectivity index is 1.53. The number of benzene rings is 2. The smallest absolute Gasteiger partial charge is 0.234 e. The lowest BCUT2D eigenvalue weighted by molar-refractivity contribution is -0.116. The van der Waals surface area contributed by atoms with Crippen molar-refractivity contribution in [1.29, 1.82) is 0 Å².